The molecule has 1 atom stereocenters. The zero-order chi connectivity index (χ0) is 17.7. The molecule has 8 heteroatoms. The second kappa shape index (κ2) is 8.39. The number of methoxy groups -OCH3 is 1. The van der Waals surface area contributed by atoms with Crippen LogP contribution < -0.4 is 15.4 Å². The topological polar surface area (TPSA) is 79.8 Å². The van der Waals surface area contributed by atoms with Gasteiger partial charge < -0.3 is 15.4 Å². The van der Waals surface area contributed by atoms with Crippen molar-refractivity contribution >= 4 is 46.0 Å². The number of benzene rings is 1. The quantitative estimate of drug-likeness (QED) is 0.807. The molecule has 1 aliphatic heterocycles. The number of ether oxygens (including phenoxy) is 1. The second-order valence-electron chi connectivity index (χ2n) is 5.34. The van der Waals surface area contributed by atoms with Gasteiger partial charge in [-0.1, -0.05) is 30.3 Å². The molecule has 130 valence electrons. The number of halogens is 1. The maximum absolute atomic E-state index is 12.3. The highest BCUT2D eigenvalue weighted by Crippen LogP contribution is 2.31. The van der Waals surface area contributed by atoms with Gasteiger partial charge in [-0.2, -0.15) is 0 Å². The van der Waals surface area contributed by atoms with Crippen LogP contribution in [0.25, 0.3) is 0 Å². The normalized spacial score (nSPS) is 18.6. The number of hydrogen-bond donors (Lipinski definition) is 2. The van der Waals surface area contributed by atoms with E-state index >= 15 is 0 Å². The first-order valence-corrected chi connectivity index (χ1v) is 8.86. The highest BCUT2D eigenvalue weighted by atomic mass is 35.5. The Bertz CT molecular complexity index is 679. The Morgan fingerprint density at radius 1 is 1.50 bits per heavy atom. The molecule has 0 bridgehead atoms. The van der Waals surface area contributed by atoms with Crippen LogP contribution in [0.15, 0.2) is 17.1 Å². The number of nitrogens with zero attached hydrogens (tertiary/aromatic N) is 1. The van der Waals surface area contributed by atoms with Crippen molar-refractivity contribution in [1.29, 1.82) is 0 Å². The van der Waals surface area contributed by atoms with E-state index in [9.17, 15) is 9.59 Å². The number of aliphatic imine (C=N–C) groups is 1. The standard InChI is InChI=1S/C16H20ClN3O3S/c1-4-5-18-16-20-15(22)13(24-16)8-14(21)19-11-6-9(2)10(17)7-12(11)23-3/h6-7,13H,4-5,8H2,1-3H3,(H,19,21)(H,18,20,22). The Morgan fingerprint density at radius 3 is 2.92 bits per heavy atom. The predicted octanol–water partition coefficient (Wildman–Crippen LogP) is 2.98. The number of carbonyl (C=O) groups is 2. The Hall–Kier alpha value is -1.73. The van der Waals surface area contributed by atoms with Gasteiger partial charge in [-0.3, -0.25) is 14.6 Å². The fraction of sp³-hybridized carbons (Fsp3) is 0.438. The fourth-order valence-electron chi connectivity index (χ4n) is 2.13. The molecule has 1 fully saturated rings. The average molecular weight is 370 g/mol. The minimum atomic E-state index is -0.472. The first kappa shape index (κ1) is 18.6. The molecule has 24 heavy (non-hydrogen) atoms. The number of carbonyl (C=O) groups excluding carboxylic acids is 2. The molecule has 1 aromatic carbocycles. The van der Waals surface area contributed by atoms with E-state index in [1.165, 1.54) is 18.9 Å². The van der Waals surface area contributed by atoms with Crippen molar-refractivity contribution in [2.75, 3.05) is 19.0 Å². The largest absolute Gasteiger partial charge is 0.495 e. The van der Waals surface area contributed by atoms with Crippen LogP contribution in [-0.2, 0) is 9.59 Å². The van der Waals surface area contributed by atoms with Gasteiger partial charge in [-0.05, 0) is 25.0 Å². The van der Waals surface area contributed by atoms with Gasteiger partial charge in [0.1, 0.15) is 11.0 Å². The van der Waals surface area contributed by atoms with E-state index in [0.29, 0.717) is 28.2 Å². The van der Waals surface area contributed by atoms with E-state index in [0.717, 1.165) is 12.0 Å². The average Bonchev–Trinajstić information content (AvgIpc) is 2.88. The lowest BCUT2D eigenvalue weighted by Crippen LogP contribution is -2.28. The van der Waals surface area contributed by atoms with E-state index in [4.69, 9.17) is 16.3 Å². The van der Waals surface area contributed by atoms with Crippen LogP contribution in [0.4, 0.5) is 5.69 Å². The maximum atomic E-state index is 12.3. The van der Waals surface area contributed by atoms with Crippen LogP contribution in [0.2, 0.25) is 5.02 Å². The van der Waals surface area contributed by atoms with Gasteiger partial charge in [0.05, 0.1) is 12.8 Å². The summed E-state index contributed by atoms with van der Waals surface area (Å²) >= 11 is 7.34. The van der Waals surface area contributed by atoms with E-state index in [1.54, 1.807) is 12.1 Å². The van der Waals surface area contributed by atoms with Crippen LogP contribution in [0.5, 0.6) is 5.75 Å². The third-order valence-electron chi connectivity index (χ3n) is 3.38. The minimum Gasteiger partial charge on any atom is -0.495 e. The molecule has 1 aromatic rings. The Labute approximate surface area is 150 Å². The fourth-order valence-corrected chi connectivity index (χ4v) is 3.28. The summed E-state index contributed by atoms with van der Waals surface area (Å²) in [4.78, 5) is 28.5. The summed E-state index contributed by atoms with van der Waals surface area (Å²) in [5.41, 5.74) is 1.36. The monoisotopic (exact) mass is 369 g/mol. The summed E-state index contributed by atoms with van der Waals surface area (Å²) in [6, 6.07) is 3.40. The van der Waals surface area contributed by atoms with Crippen LogP contribution >= 0.6 is 23.4 Å². The summed E-state index contributed by atoms with van der Waals surface area (Å²) < 4.78 is 5.23. The molecule has 0 spiro atoms. The van der Waals surface area contributed by atoms with E-state index < -0.39 is 5.25 Å². The van der Waals surface area contributed by atoms with E-state index in [2.05, 4.69) is 15.6 Å². The van der Waals surface area contributed by atoms with Gasteiger partial charge in [0.25, 0.3) is 0 Å². The van der Waals surface area contributed by atoms with E-state index in [1.807, 2.05) is 13.8 Å². The molecule has 2 amide bonds. The van der Waals surface area contributed by atoms with Gasteiger partial charge in [0, 0.05) is 24.1 Å². The first-order chi connectivity index (χ1) is 11.4. The van der Waals surface area contributed by atoms with Gasteiger partial charge in [-0.15, -0.1) is 0 Å². The lowest BCUT2D eigenvalue weighted by molar-refractivity contribution is -0.122. The Morgan fingerprint density at radius 2 is 2.25 bits per heavy atom. The number of nitrogens with one attached hydrogen (secondary N) is 2. The van der Waals surface area contributed by atoms with Crippen molar-refractivity contribution in [3.05, 3.63) is 22.7 Å². The third-order valence-corrected chi connectivity index (χ3v) is 4.91. The summed E-state index contributed by atoms with van der Waals surface area (Å²) in [5, 5.41) is 6.15. The number of amidine groups is 1. The molecule has 2 rings (SSSR count). The smallest absolute Gasteiger partial charge is 0.240 e. The highest BCUT2D eigenvalue weighted by Gasteiger charge is 2.32. The van der Waals surface area contributed by atoms with Crippen molar-refractivity contribution in [2.45, 2.75) is 31.9 Å². The van der Waals surface area contributed by atoms with Gasteiger partial charge in [0.15, 0.2) is 5.17 Å². The SMILES string of the molecule is CCCN=C1NC(=O)C(CC(=O)Nc2cc(C)c(Cl)cc2OC)S1. The second-order valence-corrected chi connectivity index (χ2v) is 6.94. The molecule has 1 unspecified atom stereocenters. The molecule has 6 nitrogen and oxygen atoms in total. The van der Waals surface area contributed by atoms with Crippen molar-refractivity contribution in [3.63, 3.8) is 0 Å². The molecule has 1 heterocycles. The lowest BCUT2D eigenvalue weighted by atomic mass is 10.2. The van der Waals surface area contributed by atoms with Gasteiger partial charge in [-0.25, -0.2) is 0 Å². The van der Waals surface area contributed by atoms with Gasteiger partial charge >= 0.3 is 0 Å². The third kappa shape index (κ3) is 4.64. The summed E-state index contributed by atoms with van der Waals surface area (Å²) in [7, 11) is 1.51. The van der Waals surface area contributed by atoms with Crippen LogP contribution in [0.3, 0.4) is 0 Å². The number of hydrogen-bond acceptors (Lipinski definition) is 5. The minimum absolute atomic E-state index is 0.0620. The number of thioether (sulfide) groups is 1. The zero-order valence-corrected chi connectivity index (χ0v) is 15.4. The molecule has 0 saturated carbocycles. The Balaban J connectivity index is 2.01. The molecule has 0 aromatic heterocycles. The molecule has 0 radical (unpaired) electrons. The van der Waals surface area contributed by atoms with Crippen molar-refractivity contribution < 1.29 is 14.3 Å². The molecular formula is C16H20ClN3O3S. The zero-order valence-electron chi connectivity index (χ0n) is 13.8. The van der Waals surface area contributed by atoms with Crippen molar-refractivity contribution in [3.8, 4) is 5.75 Å². The van der Waals surface area contributed by atoms with E-state index in [-0.39, 0.29) is 18.2 Å². The number of amides is 2. The summed E-state index contributed by atoms with van der Waals surface area (Å²) in [6.07, 6.45) is 0.966. The van der Waals surface area contributed by atoms with Crippen molar-refractivity contribution in [2.24, 2.45) is 4.99 Å². The first-order valence-electron chi connectivity index (χ1n) is 7.60. The predicted molar refractivity (Wildman–Crippen MR) is 98.1 cm³/mol. The number of aryl methyl sites for hydroxylation is 1. The lowest BCUT2D eigenvalue weighted by Gasteiger charge is -2.13. The summed E-state index contributed by atoms with van der Waals surface area (Å²) in [5.74, 6) is 0.0244. The number of anilines is 1. The molecule has 0 aliphatic carbocycles. The molecule has 1 saturated heterocycles. The highest BCUT2D eigenvalue weighted by molar-refractivity contribution is 8.15. The number of rotatable bonds is 6. The van der Waals surface area contributed by atoms with Crippen LogP contribution in [0.1, 0.15) is 25.3 Å². The van der Waals surface area contributed by atoms with Crippen LogP contribution in [-0.4, -0.2) is 35.9 Å². The van der Waals surface area contributed by atoms with Crippen LogP contribution in [0, 0.1) is 6.92 Å². The van der Waals surface area contributed by atoms with Crippen molar-refractivity contribution in [1.82, 2.24) is 5.32 Å². The maximum Gasteiger partial charge on any atom is 0.240 e. The Kier molecular flexibility index (Phi) is 6.51. The molecular weight excluding hydrogens is 350 g/mol. The molecule has 2 N–H and O–H groups in total. The molecule has 1 aliphatic rings. The summed E-state index contributed by atoms with van der Waals surface area (Å²) in [6.45, 7) is 4.51. The van der Waals surface area contributed by atoms with Gasteiger partial charge in [0.2, 0.25) is 11.8 Å².